The third-order valence-electron chi connectivity index (χ3n) is 8.35. The summed E-state index contributed by atoms with van der Waals surface area (Å²) in [5.41, 5.74) is 6.73. The van der Waals surface area contributed by atoms with Crippen LogP contribution in [0.15, 0.2) is 12.1 Å². The Bertz CT molecular complexity index is 1010. The maximum Gasteiger partial charge on any atom is 0.269 e. The number of hydrogen-bond donors (Lipinski definition) is 3. The molecular formula is C25H33N3O3. The van der Waals surface area contributed by atoms with Crippen molar-refractivity contribution in [1.82, 2.24) is 15.5 Å². The summed E-state index contributed by atoms with van der Waals surface area (Å²) in [7, 11) is 1.63. The summed E-state index contributed by atoms with van der Waals surface area (Å²) in [5, 5.41) is 21.0. The molecule has 3 unspecified atom stereocenters. The first-order valence-corrected chi connectivity index (χ1v) is 11.7. The Morgan fingerprint density at radius 3 is 3.00 bits per heavy atom. The fourth-order valence-corrected chi connectivity index (χ4v) is 6.73. The van der Waals surface area contributed by atoms with Crippen LogP contribution < -0.4 is 5.32 Å². The number of aryl methyl sites for hydroxylation is 2. The molecule has 4 atom stereocenters. The van der Waals surface area contributed by atoms with E-state index in [4.69, 9.17) is 4.74 Å². The molecule has 6 nitrogen and oxygen atoms in total. The highest BCUT2D eigenvalue weighted by molar-refractivity contribution is 5.94. The van der Waals surface area contributed by atoms with Crippen LogP contribution in [0.1, 0.15) is 77.5 Å². The van der Waals surface area contributed by atoms with Crippen molar-refractivity contribution in [2.24, 2.45) is 11.8 Å². The molecule has 1 saturated carbocycles. The Morgan fingerprint density at radius 1 is 1.39 bits per heavy atom. The summed E-state index contributed by atoms with van der Waals surface area (Å²) in [6.45, 7) is 5.46. The molecule has 0 saturated heterocycles. The van der Waals surface area contributed by atoms with E-state index in [-0.39, 0.29) is 11.3 Å². The number of phenols is 1. The minimum absolute atomic E-state index is 0.0278. The summed E-state index contributed by atoms with van der Waals surface area (Å²) in [6.07, 6.45) is 6.17. The van der Waals surface area contributed by atoms with Gasteiger partial charge in [0.05, 0.1) is 12.3 Å². The molecule has 1 amide bonds. The van der Waals surface area contributed by atoms with Crippen LogP contribution in [0, 0.1) is 11.8 Å². The number of aromatic amines is 1. The van der Waals surface area contributed by atoms with E-state index in [1.165, 1.54) is 11.1 Å². The minimum Gasteiger partial charge on any atom is -0.508 e. The maximum atomic E-state index is 12.7. The lowest BCUT2D eigenvalue weighted by Crippen LogP contribution is -2.43. The Labute approximate surface area is 183 Å². The number of phenolic OH excluding ortho intramolecular Hbond substituents is 1. The Balaban J connectivity index is 1.44. The zero-order chi connectivity index (χ0) is 21.8. The lowest BCUT2D eigenvalue weighted by Gasteiger charge is -2.49. The number of amides is 1. The molecule has 1 aromatic heterocycles. The molecule has 3 aliphatic rings. The number of carbonyl (C=O) groups is 1. The topological polar surface area (TPSA) is 87.2 Å². The van der Waals surface area contributed by atoms with Gasteiger partial charge in [-0.3, -0.25) is 9.89 Å². The first-order valence-electron chi connectivity index (χ1n) is 11.7. The molecule has 0 spiro atoms. The normalized spacial score (nSPS) is 28.4. The summed E-state index contributed by atoms with van der Waals surface area (Å²) in [4.78, 5) is 12.7. The second-order valence-electron chi connectivity index (χ2n) is 9.78. The number of ether oxygens (including phenoxy) is 1. The van der Waals surface area contributed by atoms with Crippen LogP contribution in [-0.4, -0.2) is 41.5 Å². The molecule has 6 heteroatoms. The van der Waals surface area contributed by atoms with Crippen LogP contribution in [0.25, 0.3) is 0 Å². The molecule has 3 aliphatic carbocycles. The molecule has 0 radical (unpaired) electrons. The number of aromatic hydroxyl groups is 1. The van der Waals surface area contributed by atoms with Crippen LogP contribution in [0.5, 0.6) is 5.75 Å². The van der Waals surface area contributed by atoms with Gasteiger partial charge in [-0.25, -0.2) is 0 Å². The molecule has 166 valence electrons. The monoisotopic (exact) mass is 423 g/mol. The van der Waals surface area contributed by atoms with Gasteiger partial charge in [0.2, 0.25) is 0 Å². The molecule has 31 heavy (non-hydrogen) atoms. The van der Waals surface area contributed by atoms with Crippen molar-refractivity contribution in [2.75, 3.05) is 20.3 Å². The number of nitrogens with one attached hydrogen (secondary N) is 2. The van der Waals surface area contributed by atoms with Gasteiger partial charge in [0.15, 0.2) is 0 Å². The van der Waals surface area contributed by atoms with Crippen LogP contribution >= 0.6 is 0 Å². The fourth-order valence-electron chi connectivity index (χ4n) is 6.73. The van der Waals surface area contributed by atoms with Crippen molar-refractivity contribution in [2.45, 2.75) is 63.7 Å². The van der Waals surface area contributed by atoms with E-state index in [1.54, 1.807) is 7.11 Å². The smallest absolute Gasteiger partial charge is 0.269 e. The van der Waals surface area contributed by atoms with Gasteiger partial charge >= 0.3 is 0 Å². The molecule has 0 aliphatic heterocycles. The standard InChI is InChI=1S/C25H33N3O3/c1-4-14-11-18-15(12-21(14)29)5-6-17-16(18)7-8-25(2)20(17)13-19-22(27-28-23(19)25)24(30)26-9-10-31-3/h11-12,16-17,20,29H,4-10,13H2,1-3H3,(H,26,30)(H,27,28)/t16?,17?,20?,25-/m0/s1. The number of fused-ring (bicyclic) bond motifs is 7. The number of rotatable bonds is 5. The van der Waals surface area contributed by atoms with Crippen molar-refractivity contribution < 1.29 is 14.6 Å². The summed E-state index contributed by atoms with van der Waals surface area (Å²) in [6, 6.07) is 4.29. The Morgan fingerprint density at radius 2 is 2.23 bits per heavy atom. The number of carbonyl (C=O) groups excluding carboxylic acids is 1. The van der Waals surface area contributed by atoms with Gasteiger partial charge in [-0.05, 0) is 79.0 Å². The first-order chi connectivity index (χ1) is 15.0. The largest absolute Gasteiger partial charge is 0.508 e. The second-order valence-corrected chi connectivity index (χ2v) is 9.78. The van der Waals surface area contributed by atoms with Crippen LogP contribution in [0.2, 0.25) is 0 Å². The zero-order valence-corrected chi connectivity index (χ0v) is 18.8. The highest BCUT2D eigenvalue weighted by Gasteiger charge is 2.55. The summed E-state index contributed by atoms with van der Waals surface area (Å²) >= 11 is 0. The number of H-pyrrole nitrogens is 1. The van der Waals surface area contributed by atoms with Crippen LogP contribution in [0.4, 0.5) is 0 Å². The van der Waals surface area contributed by atoms with Crippen molar-refractivity contribution in [3.05, 3.63) is 45.8 Å². The Kier molecular flexibility index (Phi) is 5.08. The van der Waals surface area contributed by atoms with E-state index < -0.39 is 0 Å². The van der Waals surface area contributed by atoms with Crippen molar-refractivity contribution in [3.8, 4) is 5.75 Å². The average Bonchev–Trinajstić information content (AvgIpc) is 3.31. The number of hydrogen-bond acceptors (Lipinski definition) is 4. The van der Waals surface area contributed by atoms with Gasteiger partial charge in [0.1, 0.15) is 11.4 Å². The predicted molar refractivity (Wildman–Crippen MR) is 119 cm³/mol. The van der Waals surface area contributed by atoms with Crippen molar-refractivity contribution in [3.63, 3.8) is 0 Å². The Hall–Kier alpha value is -2.34. The third kappa shape index (κ3) is 3.10. The SMILES string of the molecule is CCc1cc2c(cc1O)CCC1C2CC[C@]2(C)c3n[nH]c(C(=O)NCCOC)c3CC12. The van der Waals surface area contributed by atoms with E-state index in [1.807, 2.05) is 6.07 Å². The minimum atomic E-state index is -0.0818. The van der Waals surface area contributed by atoms with E-state index >= 15 is 0 Å². The number of methoxy groups -OCH3 is 1. The maximum absolute atomic E-state index is 12.7. The van der Waals surface area contributed by atoms with Gasteiger partial charge in [0.25, 0.3) is 5.91 Å². The summed E-state index contributed by atoms with van der Waals surface area (Å²) in [5.74, 6) is 2.02. The highest BCUT2D eigenvalue weighted by atomic mass is 16.5. The molecule has 3 N–H and O–H groups in total. The van der Waals surface area contributed by atoms with Crippen LogP contribution in [0.3, 0.4) is 0 Å². The molecule has 1 aromatic carbocycles. The van der Waals surface area contributed by atoms with E-state index in [0.29, 0.717) is 42.3 Å². The average molecular weight is 424 g/mol. The fraction of sp³-hybridized carbons (Fsp3) is 0.600. The number of aromatic nitrogens is 2. The van der Waals surface area contributed by atoms with Gasteiger partial charge in [-0.15, -0.1) is 0 Å². The third-order valence-corrected chi connectivity index (χ3v) is 8.35. The molecule has 2 aromatic rings. The summed E-state index contributed by atoms with van der Waals surface area (Å²) < 4.78 is 5.05. The second kappa shape index (κ2) is 7.66. The first kappa shape index (κ1) is 20.6. The van der Waals surface area contributed by atoms with Crippen LogP contribution in [-0.2, 0) is 29.4 Å². The zero-order valence-electron chi connectivity index (χ0n) is 18.8. The molecule has 5 rings (SSSR count). The lowest BCUT2D eigenvalue weighted by molar-refractivity contribution is 0.0924. The van der Waals surface area contributed by atoms with Gasteiger partial charge in [-0.2, -0.15) is 5.10 Å². The molecular weight excluding hydrogens is 390 g/mol. The predicted octanol–water partition coefficient (Wildman–Crippen LogP) is 3.62. The highest BCUT2D eigenvalue weighted by Crippen LogP contribution is 2.60. The molecule has 1 fully saturated rings. The van der Waals surface area contributed by atoms with Gasteiger partial charge < -0.3 is 15.2 Å². The lowest BCUT2D eigenvalue weighted by atomic mass is 9.55. The van der Waals surface area contributed by atoms with Gasteiger partial charge in [-0.1, -0.05) is 19.9 Å². The molecule has 0 bridgehead atoms. The molecule has 1 heterocycles. The number of nitrogens with zero attached hydrogens (tertiary/aromatic N) is 1. The van der Waals surface area contributed by atoms with Gasteiger partial charge in [0, 0.05) is 24.6 Å². The van der Waals surface area contributed by atoms with E-state index in [2.05, 4.69) is 35.4 Å². The van der Waals surface area contributed by atoms with E-state index in [9.17, 15) is 9.90 Å². The van der Waals surface area contributed by atoms with Crippen molar-refractivity contribution in [1.29, 1.82) is 0 Å². The van der Waals surface area contributed by atoms with Crippen molar-refractivity contribution >= 4 is 5.91 Å². The quantitative estimate of drug-likeness (QED) is 0.641. The van der Waals surface area contributed by atoms with E-state index in [0.717, 1.165) is 55.3 Å². The number of benzene rings is 1.